The van der Waals surface area contributed by atoms with Gasteiger partial charge in [-0.1, -0.05) is 0 Å². The summed E-state index contributed by atoms with van der Waals surface area (Å²) >= 11 is 0. The molecule has 0 aliphatic heterocycles. The molecule has 14 heavy (non-hydrogen) atoms. The van der Waals surface area contributed by atoms with Gasteiger partial charge in [-0.25, -0.2) is 0 Å². The summed E-state index contributed by atoms with van der Waals surface area (Å²) in [5.74, 6) is -1.27. The molecule has 5 heteroatoms. The number of rotatable bonds is 2. The van der Waals surface area contributed by atoms with Crippen LogP contribution in [0.25, 0.3) is 0 Å². The molecule has 0 aromatic heterocycles. The molecule has 0 heterocycles. The van der Waals surface area contributed by atoms with Crippen LogP contribution in [-0.2, 0) is 9.53 Å². The van der Waals surface area contributed by atoms with Crippen molar-refractivity contribution in [2.75, 3.05) is 7.11 Å². The molecule has 0 N–H and O–H groups in total. The molecule has 0 atom stereocenters. The molecular formula is C9H13F3O2. The van der Waals surface area contributed by atoms with Crippen molar-refractivity contribution in [3.05, 3.63) is 0 Å². The van der Waals surface area contributed by atoms with E-state index in [1.54, 1.807) is 0 Å². The Hall–Kier alpha value is -0.580. The van der Waals surface area contributed by atoms with Crippen molar-refractivity contribution in [1.29, 1.82) is 0 Å². The number of halogens is 3. The Morgan fingerprint density at radius 3 is 2.14 bits per heavy atom. The fourth-order valence-corrected chi connectivity index (χ4v) is 1.80. The van der Waals surface area contributed by atoms with Gasteiger partial charge in [-0.15, -0.1) is 0 Å². The van der Waals surface area contributed by atoms with Gasteiger partial charge in [0.2, 0.25) is 0 Å². The number of carbonyl (C=O) groups excluding carboxylic acids is 1. The predicted molar refractivity (Wildman–Crippen MR) is 43.8 cm³/mol. The Morgan fingerprint density at radius 2 is 1.86 bits per heavy atom. The molecule has 1 aliphatic rings. The Labute approximate surface area is 80.4 Å². The maximum absolute atomic E-state index is 12.3. The minimum atomic E-state index is -4.14. The summed E-state index contributed by atoms with van der Waals surface area (Å²) in [4.78, 5) is 10.7. The van der Waals surface area contributed by atoms with Crippen molar-refractivity contribution < 1.29 is 22.7 Å². The van der Waals surface area contributed by atoms with Gasteiger partial charge in [0.1, 0.15) is 5.60 Å². The summed E-state index contributed by atoms with van der Waals surface area (Å²) in [6.45, 7) is 0. The third-order valence-electron chi connectivity index (χ3n) is 2.92. The molecule has 0 radical (unpaired) electrons. The summed E-state index contributed by atoms with van der Waals surface area (Å²) in [5.41, 5.74) is -0.970. The number of ether oxygens (including phenoxy) is 1. The van der Waals surface area contributed by atoms with Gasteiger partial charge in [0, 0.05) is 7.11 Å². The van der Waals surface area contributed by atoms with Gasteiger partial charge >= 0.3 is 6.18 Å². The molecule has 0 aromatic rings. The van der Waals surface area contributed by atoms with E-state index < -0.39 is 17.7 Å². The summed E-state index contributed by atoms with van der Waals surface area (Å²) < 4.78 is 41.8. The number of hydrogen-bond acceptors (Lipinski definition) is 2. The summed E-state index contributed by atoms with van der Waals surface area (Å²) in [7, 11) is 1.36. The van der Waals surface area contributed by atoms with Crippen molar-refractivity contribution in [2.45, 2.75) is 37.5 Å². The average molecular weight is 210 g/mol. The van der Waals surface area contributed by atoms with Crippen LogP contribution in [0.4, 0.5) is 13.2 Å². The van der Waals surface area contributed by atoms with Crippen LogP contribution in [-0.4, -0.2) is 25.2 Å². The molecule has 0 saturated heterocycles. The molecule has 2 nitrogen and oxygen atoms in total. The third kappa shape index (κ3) is 2.26. The standard InChI is InChI=1S/C9H13F3O2/c1-14-8(6-13)4-2-7(3-5-8)9(10,11)12/h6-7H,2-5H2,1H3. The van der Waals surface area contributed by atoms with Crippen LogP contribution < -0.4 is 0 Å². The first-order valence-electron chi connectivity index (χ1n) is 4.52. The van der Waals surface area contributed by atoms with Gasteiger partial charge in [0.25, 0.3) is 0 Å². The molecule has 0 bridgehead atoms. The van der Waals surface area contributed by atoms with E-state index in [0.717, 1.165) is 0 Å². The Bertz CT molecular complexity index is 205. The molecule has 0 aromatic carbocycles. The van der Waals surface area contributed by atoms with Crippen molar-refractivity contribution >= 4 is 6.29 Å². The highest BCUT2D eigenvalue weighted by molar-refractivity contribution is 5.62. The van der Waals surface area contributed by atoms with E-state index in [0.29, 0.717) is 6.29 Å². The zero-order valence-corrected chi connectivity index (χ0v) is 7.93. The Kier molecular flexibility index (Phi) is 3.19. The average Bonchev–Trinajstić information content (AvgIpc) is 2.16. The first kappa shape index (κ1) is 11.5. The number of methoxy groups -OCH3 is 1. The molecule has 1 rings (SSSR count). The third-order valence-corrected chi connectivity index (χ3v) is 2.92. The minimum Gasteiger partial charge on any atom is -0.371 e. The lowest BCUT2D eigenvalue weighted by Crippen LogP contribution is -2.40. The molecule has 1 fully saturated rings. The van der Waals surface area contributed by atoms with Crippen LogP contribution in [0.1, 0.15) is 25.7 Å². The van der Waals surface area contributed by atoms with Crippen LogP contribution in [0.5, 0.6) is 0 Å². The maximum atomic E-state index is 12.3. The highest BCUT2D eigenvalue weighted by atomic mass is 19.4. The van der Waals surface area contributed by atoms with Gasteiger partial charge < -0.3 is 9.53 Å². The lowest BCUT2D eigenvalue weighted by molar-refractivity contribution is -0.193. The first-order valence-corrected chi connectivity index (χ1v) is 4.52. The number of alkyl halides is 3. The highest BCUT2D eigenvalue weighted by Crippen LogP contribution is 2.41. The van der Waals surface area contributed by atoms with Crippen LogP contribution in [0.3, 0.4) is 0 Å². The topological polar surface area (TPSA) is 26.3 Å². The fraction of sp³-hybridized carbons (Fsp3) is 0.889. The second-order valence-corrected chi connectivity index (χ2v) is 3.70. The number of carbonyl (C=O) groups is 1. The van der Waals surface area contributed by atoms with Crippen LogP contribution in [0.2, 0.25) is 0 Å². The lowest BCUT2D eigenvalue weighted by Gasteiger charge is -2.35. The van der Waals surface area contributed by atoms with Crippen molar-refractivity contribution in [2.24, 2.45) is 5.92 Å². The Balaban J connectivity index is 2.57. The summed E-state index contributed by atoms with van der Waals surface area (Å²) in [6.07, 6.45) is -3.22. The molecule has 0 spiro atoms. The number of hydrogen-bond donors (Lipinski definition) is 0. The molecule has 82 valence electrons. The van der Waals surface area contributed by atoms with Crippen molar-refractivity contribution in [3.8, 4) is 0 Å². The molecule has 1 saturated carbocycles. The van der Waals surface area contributed by atoms with Gasteiger partial charge in [-0.05, 0) is 25.7 Å². The largest absolute Gasteiger partial charge is 0.391 e. The Morgan fingerprint density at radius 1 is 1.36 bits per heavy atom. The number of aldehydes is 1. The second-order valence-electron chi connectivity index (χ2n) is 3.70. The SMILES string of the molecule is COC1(C=O)CCC(C(F)(F)F)CC1. The van der Waals surface area contributed by atoms with E-state index >= 15 is 0 Å². The molecule has 0 unspecified atom stereocenters. The van der Waals surface area contributed by atoms with Crippen molar-refractivity contribution in [3.63, 3.8) is 0 Å². The van der Waals surface area contributed by atoms with Gasteiger partial charge in [0.05, 0.1) is 5.92 Å². The predicted octanol–water partition coefficient (Wildman–Crippen LogP) is 2.32. The van der Waals surface area contributed by atoms with Crippen molar-refractivity contribution in [1.82, 2.24) is 0 Å². The summed E-state index contributed by atoms with van der Waals surface area (Å²) in [6, 6.07) is 0. The van der Waals surface area contributed by atoms with Gasteiger partial charge in [0.15, 0.2) is 6.29 Å². The highest BCUT2D eigenvalue weighted by Gasteiger charge is 2.45. The summed E-state index contributed by atoms with van der Waals surface area (Å²) in [5, 5.41) is 0. The van der Waals surface area contributed by atoms with E-state index in [-0.39, 0.29) is 25.7 Å². The van der Waals surface area contributed by atoms with Gasteiger partial charge in [-0.3, -0.25) is 0 Å². The van der Waals surface area contributed by atoms with E-state index in [1.807, 2.05) is 0 Å². The van der Waals surface area contributed by atoms with Crippen LogP contribution in [0, 0.1) is 5.92 Å². The van der Waals surface area contributed by atoms with E-state index in [4.69, 9.17) is 4.74 Å². The normalized spacial score (nSPS) is 34.1. The quantitative estimate of drug-likeness (QED) is 0.654. The van der Waals surface area contributed by atoms with E-state index in [1.165, 1.54) is 7.11 Å². The zero-order chi connectivity index (χ0) is 10.8. The fourth-order valence-electron chi connectivity index (χ4n) is 1.80. The van der Waals surface area contributed by atoms with Gasteiger partial charge in [-0.2, -0.15) is 13.2 Å². The molecular weight excluding hydrogens is 197 g/mol. The maximum Gasteiger partial charge on any atom is 0.391 e. The smallest absolute Gasteiger partial charge is 0.371 e. The molecule has 0 amide bonds. The monoisotopic (exact) mass is 210 g/mol. The second kappa shape index (κ2) is 3.88. The minimum absolute atomic E-state index is 0.0178. The van der Waals surface area contributed by atoms with Crippen LogP contribution in [0.15, 0.2) is 0 Å². The first-order chi connectivity index (χ1) is 6.43. The lowest BCUT2D eigenvalue weighted by atomic mass is 9.79. The molecule has 1 aliphatic carbocycles. The zero-order valence-electron chi connectivity index (χ0n) is 7.93. The van der Waals surface area contributed by atoms with E-state index in [9.17, 15) is 18.0 Å². The van der Waals surface area contributed by atoms with E-state index in [2.05, 4.69) is 0 Å². The van der Waals surface area contributed by atoms with Crippen LogP contribution >= 0.6 is 0 Å².